The number of ketones is 1. The molecule has 0 bridgehead atoms. The number of benzene rings is 1. The normalized spacial score (nSPS) is 16.1. The molecule has 1 fully saturated rings. The fraction of sp³-hybridized carbons (Fsp3) is 0.462. The van der Waals surface area contributed by atoms with E-state index in [9.17, 15) is 4.79 Å². The van der Waals surface area contributed by atoms with Crippen molar-refractivity contribution in [3.63, 3.8) is 0 Å². The molecule has 15 heavy (non-hydrogen) atoms. The Kier molecular flexibility index (Phi) is 3.57. The number of Topliss-reactive ketones (excluding diaryl/α,β-unsaturated/α-hetero) is 1. The Hall–Kier alpha value is -0.630. The van der Waals surface area contributed by atoms with Gasteiger partial charge in [0.15, 0.2) is 0 Å². The van der Waals surface area contributed by atoms with Gasteiger partial charge in [0, 0.05) is 17.3 Å². The Morgan fingerprint density at radius 3 is 2.47 bits per heavy atom. The third kappa shape index (κ3) is 3.16. The van der Waals surface area contributed by atoms with Crippen molar-refractivity contribution in [3.05, 3.63) is 34.3 Å². The highest BCUT2D eigenvalue weighted by Crippen LogP contribution is 2.29. The molecule has 0 aromatic heterocycles. The summed E-state index contributed by atoms with van der Waals surface area (Å²) in [6.07, 6.45) is 5.22. The molecule has 1 aromatic rings. The van der Waals surface area contributed by atoms with E-state index in [-0.39, 0.29) is 0 Å². The third-order valence-electron chi connectivity index (χ3n) is 3.06. The lowest BCUT2D eigenvalue weighted by atomic mass is 9.81. The zero-order chi connectivity index (χ0) is 10.7. The van der Waals surface area contributed by atoms with E-state index in [0.717, 1.165) is 16.5 Å². The topological polar surface area (TPSA) is 17.1 Å². The van der Waals surface area contributed by atoms with E-state index in [1.165, 1.54) is 19.3 Å². The van der Waals surface area contributed by atoms with Crippen LogP contribution in [-0.2, 0) is 11.2 Å². The van der Waals surface area contributed by atoms with Gasteiger partial charge in [0.05, 0.1) is 0 Å². The highest BCUT2D eigenvalue weighted by molar-refractivity contribution is 9.10. The summed E-state index contributed by atoms with van der Waals surface area (Å²) in [7, 11) is 0. The van der Waals surface area contributed by atoms with Crippen molar-refractivity contribution in [2.24, 2.45) is 5.92 Å². The average Bonchev–Trinajstić information content (AvgIpc) is 2.16. The lowest BCUT2D eigenvalue weighted by molar-refractivity contribution is -0.119. The van der Waals surface area contributed by atoms with Crippen LogP contribution in [0.3, 0.4) is 0 Å². The maximum atomic E-state index is 11.7. The fourth-order valence-electron chi connectivity index (χ4n) is 1.92. The lowest BCUT2D eigenvalue weighted by Gasteiger charge is -2.24. The van der Waals surface area contributed by atoms with Gasteiger partial charge in [0.1, 0.15) is 5.78 Å². The van der Waals surface area contributed by atoms with Gasteiger partial charge < -0.3 is 0 Å². The van der Waals surface area contributed by atoms with Gasteiger partial charge in [-0.25, -0.2) is 0 Å². The van der Waals surface area contributed by atoms with Crippen LogP contribution in [0, 0.1) is 5.92 Å². The van der Waals surface area contributed by atoms with Crippen LogP contribution in [0.4, 0.5) is 0 Å². The van der Waals surface area contributed by atoms with Gasteiger partial charge in [-0.1, -0.05) is 47.3 Å². The van der Waals surface area contributed by atoms with Gasteiger partial charge in [0.2, 0.25) is 0 Å². The predicted octanol–water partition coefficient (Wildman–Crippen LogP) is 3.75. The number of carbonyl (C=O) groups excluding carboxylic acids is 1. The molecule has 0 unspecified atom stereocenters. The number of hydrogen-bond donors (Lipinski definition) is 0. The summed E-state index contributed by atoms with van der Waals surface area (Å²) >= 11 is 3.39. The maximum Gasteiger partial charge on any atom is 0.137 e. The summed E-state index contributed by atoms with van der Waals surface area (Å²) in [6, 6.07) is 8.02. The van der Waals surface area contributed by atoms with Crippen LogP contribution in [0.25, 0.3) is 0 Å². The zero-order valence-corrected chi connectivity index (χ0v) is 10.3. The Balaban J connectivity index is 1.84. The van der Waals surface area contributed by atoms with E-state index in [2.05, 4.69) is 15.9 Å². The average molecular weight is 267 g/mol. The molecule has 1 aliphatic carbocycles. The summed E-state index contributed by atoms with van der Waals surface area (Å²) in [5, 5.41) is 0. The van der Waals surface area contributed by atoms with Crippen molar-refractivity contribution in [2.75, 3.05) is 0 Å². The molecular formula is C13H15BrO. The second kappa shape index (κ2) is 4.93. The van der Waals surface area contributed by atoms with Crippen LogP contribution in [0.2, 0.25) is 0 Å². The first kappa shape index (κ1) is 10.9. The lowest BCUT2D eigenvalue weighted by Crippen LogP contribution is -2.16. The quantitative estimate of drug-likeness (QED) is 0.812. The van der Waals surface area contributed by atoms with Crippen molar-refractivity contribution in [1.29, 1.82) is 0 Å². The van der Waals surface area contributed by atoms with Gasteiger partial charge in [-0.2, -0.15) is 0 Å². The molecule has 0 spiro atoms. The minimum absolute atomic E-state index is 0.391. The van der Waals surface area contributed by atoms with Crippen molar-refractivity contribution in [1.82, 2.24) is 0 Å². The first-order chi connectivity index (χ1) is 7.24. The van der Waals surface area contributed by atoms with Gasteiger partial charge in [-0.05, 0) is 23.6 Å². The Labute approximate surface area is 99.0 Å². The maximum absolute atomic E-state index is 11.7. The molecule has 1 saturated carbocycles. The number of halogens is 1. The Morgan fingerprint density at radius 1 is 1.27 bits per heavy atom. The largest absolute Gasteiger partial charge is 0.299 e. The summed E-state index contributed by atoms with van der Waals surface area (Å²) < 4.78 is 1.07. The minimum atomic E-state index is 0.391. The molecule has 0 heterocycles. The van der Waals surface area contributed by atoms with Gasteiger partial charge in [-0.15, -0.1) is 0 Å². The van der Waals surface area contributed by atoms with Crippen LogP contribution >= 0.6 is 15.9 Å². The molecule has 0 aliphatic heterocycles. The molecule has 1 nitrogen and oxygen atoms in total. The highest BCUT2D eigenvalue weighted by atomic mass is 79.9. The minimum Gasteiger partial charge on any atom is -0.299 e. The van der Waals surface area contributed by atoms with Crippen molar-refractivity contribution >= 4 is 21.7 Å². The number of hydrogen-bond acceptors (Lipinski definition) is 1. The molecular weight excluding hydrogens is 252 g/mol. The second-order valence-electron chi connectivity index (χ2n) is 4.34. The van der Waals surface area contributed by atoms with Crippen LogP contribution < -0.4 is 0 Å². The first-order valence-electron chi connectivity index (χ1n) is 5.50. The van der Waals surface area contributed by atoms with E-state index in [4.69, 9.17) is 0 Å². The summed E-state index contributed by atoms with van der Waals surface area (Å²) in [5.74, 6) is 1.08. The molecule has 1 aliphatic rings. The van der Waals surface area contributed by atoms with Crippen molar-refractivity contribution in [2.45, 2.75) is 32.1 Å². The Morgan fingerprint density at radius 2 is 1.93 bits per heavy atom. The molecule has 0 N–H and O–H groups in total. The molecule has 0 atom stereocenters. The molecule has 0 amide bonds. The number of rotatable bonds is 4. The SMILES string of the molecule is O=C(Cc1ccc(Br)cc1)CC1CCC1. The molecule has 0 radical (unpaired) electrons. The first-order valence-corrected chi connectivity index (χ1v) is 6.29. The summed E-state index contributed by atoms with van der Waals surface area (Å²) in [4.78, 5) is 11.7. The smallest absolute Gasteiger partial charge is 0.137 e. The van der Waals surface area contributed by atoms with Gasteiger partial charge in [-0.3, -0.25) is 4.79 Å². The van der Waals surface area contributed by atoms with Crippen molar-refractivity contribution < 1.29 is 4.79 Å². The molecule has 1 aromatic carbocycles. The van der Waals surface area contributed by atoms with Gasteiger partial charge in [0.25, 0.3) is 0 Å². The van der Waals surface area contributed by atoms with Gasteiger partial charge >= 0.3 is 0 Å². The summed E-state index contributed by atoms with van der Waals surface area (Å²) in [6.45, 7) is 0. The molecule has 80 valence electrons. The highest BCUT2D eigenvalue weighted by Gasteiger charge is 2.20. The van der Waals surface area contributed by atoms with E-state index < -0.39 is 0 Å². The predicted molar refractivity (Wildman–Crippen MR) is 64.8 cm³/mol. The molecule has 2 heteroatoms. The second-order valence-corrected chi connectivity index (χ2v) is 5.26. The third-order valence-corrected chi connectivity index (χ3v) is 3.58. The monoisotopic (exact) mass is 266 g/mol. The van der Waals surface area contributed by atoms with Crippen LogP contribution in [-0.4, -0.2) is 5.78 Å². The summed E-state index contributed by atoms with van der Waals surface area (Å²) in [5.41, 5.74) is 1.13. The zero-order valence-electron chi connectivity index (χ0n) is 8.71. The van der Waals surface area contributed by atoms with Crippen LogP contribution in [0.5, 0.6) is 0 Å². The van der Waals surface area contributed by atoms with Crippen molar-refractivity contribution in [3.8, 4) is 0 Å². The van der Waals surface area contributed by atoms with Crippen LogP contribution in [0.15, 0.2) is 28.7 Å². The molecule has 2 rings (SSSR count). The number of carbonyl (C=O) groups is 1. The van der Waals surface area contributed by atoms with E-state index in [1.807, 2.05) is 24.3 Å². The standard InChI is InChI=1S/C13H15BrO/c14-12-6-4-11(5-7-12)9-13(15)8-10-2-1-3-10/h4-7,10H,1-3,8-9H2. The van der Waals surface area contributed by atoms with E-state index in [0.29, 0.717) is 18.1 Å². The molecule has 0 saturated heterocycles. The van der Waals surface area contributed by atoms with E-state index in [1.54, 1.807) is 0 Å². The fourth-order valence-corrected chi connectivity index (χ4v) is 2.19. The van der Waals surface area contributed by atoms with Crippen LogP contribution in [0.1, 0.15) is 31.2 Å². The van der Waals surface area contributed by atoms with E-state index >= 15 is 0 Å². The Bertz CT molecular complexity index is 338.